The molecule has 4 heteroatoms. The summed E-state index contributed by atoms with van der Waals surface area (Å²) in [6.07, 6.45) is 0. The number of hydrogen-bond acceptors (Lipinski definition) is 4. The van der Waals surface area contributed by atoms with E-state index in [1.165, 1.54) is 11.1 Å². The second-order valence-electron chi connectivity index (χ2n) is 5.30. The lowest BCUT2D eigenvalue weighted by molar-refractivity contribution is 0.111. The van der Waals surface area contributed by atoms with Crippen molar-refractivity contribution in [2.24, 2.45) is 0 Å². The van der Waals surface area contributed by atoms with Gasteiger partial charge in [-0.25, -0.2) is 0 Å². The summed E-state index contributed by atoms with van der Waals surface area (Å²) in [5.74, 6) is 0.938. The van der Waals surface area contributed by atoms with Gasteiger partial charge in [-0.05, 0) is 45.6 Å². The smallest absolute Gasteiger partial charge is 0.123 e. The van der Waals surface area contributed by atoms with Gasteiger partial charge in [-0.3, -0.25) is 4.90 Å². The normalized spacial score (nSPS) is 14.3. The zero-order valence-electron chi connectivity index (χ0n) is 13.6. The maximum atomic E-state index is 5.48. The lowest BCUT2D eigenvalue weighted by Crippen LogP contribution is -2.32. The SMILES string of the molecule is CNC(C)c1ccc(OC)c(CN(C)C(C)COC)c1. The fraction of sp³-hybridized carbons (Fsp3) is 0.625. The Hall–Kier alpha value is -1.10. The first kappa shape index (κ1) is 17.0. The van der Waals surface area contributed by atoms with Gasteiger partial charge in [0.05, 0.1) is 13.7 Å². The fourth-order valence-corrected chi connectivity index (χ4v) is 2.15. The molecule has 1 aromatic rings. The lowest BCUT2D eigenvalue weighted by Gasteiger charge is -2.25. The van der Waals surface area contributed by atoms with Gasteiger partial charge < -0.3 is 14.8 Å². The van der Waals surface area contributed by atoms with Crippen LogP contribution in [0, 0.1) is 0 Å². The second kappa shape index (κ2) is 8.25. The number of benzene rings is 1. The standard InChI is InChI=1S/C16H28N2O2/c1-12(11-19-5)18(4)10-15-9-14(13(2)17-3)7-8-16(15)20-6/h7-9,12-13,17H,10-11H2,1-6H3. The Morgan fingerprint density at radius 1 is 1.25 bits per heavy atom. The highest BCUT2D eigenvalue weighted by Crippen LogP contribution is 2.24. The summed E-state index contributed by atoms with van der Waals surface area (Å²) in [6, 6.07) is 7.09. The Bertz CT molecular complexity index is 409. The largest absolute Gasteiger partial charge is 0.496 e. The molecule has 0 amide bonds. The molecule has 0 fully saturated rings. The number of nitrogens with zero attached hydrogens (tertiary/aromatic N) is 1. The molecule has 114 valence electrons. The van der Waals surface area contributed by atoms with Crippen LogP contribution in [0.4, 0.5) is 0 Å². The molecule has 0 heterocycles. The van der Waals surface area contributed by atoms with Crippen LogP contribution < -0.4 is 10.1 Å². The highest BCUT2D eigenvalue weighted by molar-refractivity contribution is 5.38. The average molecular weight is 280 g/mol. The van der Waals surface area contributed by atoms with Crippen molar-refractivity contribution in [1.29, 1.82) is 0 Å². The molecular formula is C16H28N2O2. The molecule has 2 atom stereocenters. The summed E-state index contributed by atoms with van der Waals surface area (Å²) in [5.41, 5.74) is 2.48. The zero-order chi connectivity index (χ0) is 15.1. The van der Waals surface area contributed by atoms with Crippen LogP contribution in [0.15, 0.2) is 18.2 Å². The zero-order valence-corrected chi connectivity index (χ0v) is 13.6. The van der Waals surface area contributed by atoms with Crippen molar-refractivity contribution in [1.82, 2.24) is 10.2 Å². The molecule has 1 N–H and O–H groups in total. The second-order valence-corrected chi connectivity index (χ2v) is 5.30. The summed E-state index contributed by atoms with van der Waals surface area (Å²) in [6.45, 7) is 5.89. The van der Waals surface area contributed by atoms with E-state index in [-0.39, 0.29) is 0 Å². The van der Waals surface area contributed by atoms with Crippen LogP contribution in [0.5, 0.6) is 5.75 Å². The monoisotopic (exact) mass is 280 g/mol. The van der Waals surface area contributed by atoms with E-state index >= 15 is 0 Å². The highest BCUT2D eigenvalue weighted by atomic mass is 16.5. The van der Waals surface area contributed by atoms with Gasteiger partial charge in [0, 0.05) is 31.3 Å². The molecule has 1 rings (SSSR count). The van der Waals surface area contributed by atoms with E-state index < -0.39 is 0 Å². The third kappa shape index (κ3) is 4.47. The van der Waals surface area contributed by atoms with Crippen molar-refractivity contribution in [3.63, 3.8) is 0 Å². The van der Waals surface area contributed by atoms with Gasteiger partial charge in [-0.15, -0.1) is 0 Å². The van der Waals surface area contributed by atoms with Crippen molar-refractivity contribution in [3.05, 3.63) is 29.3 Å². The Labute approximate surface area is 123 Å². The molecular weight excluding hydrogens is 252 g/mol. The van der Waals surface area contributed by atoms with Gasteiger partial charge in [-0.1, -0.05) is 6.07 Å². The van der Waals surface area contributed by atoms with Gasteiger partial charge >= 0.3 is 0 Å². The van der Waals surface area contributed by atoms with Crippen LogP contribution in [0.25, 0.3) is 0 Å². The van der Waals surface area contributed by atoms with Gasteiger partial charge in [0.25, 0.3) is 0 Å². The average Bonchev–Trinajstić information content (AvgIpc) is 2.46. The van der Waals surface area contributed by atoms with Crippen LogP contribution in [0.2, 0.25) is 0 Å². The summed E-state index contributed by atoms with van der Waals surface area (Å²) in [4.78, 5) is 2.27. The van der Waals surface area contributed by atoms with Gasteiger partial charge in [-0.2, -0.15) is 0 Å². The van der Waals surface area contributed by atoms with E-state index in [0.29, 0.717) is 12.1 Å². The fourth-order valence-electron chi connectivity index (χ4n) is 2.15. The summed E-state index contributed by atoms with van der Waals surface area (Å²) in [5, 5.41) is 3.27. The van der Waals surface area contributed by atoms with Crippen LogP contribution in [-0.4, -0.2) is 45.9 Å². The van der Waals surface area contributed by atoms with Crippen molar-refractivity contribution in [2.75, 3.05) is 34.9 Å². The maximum absolute atomic E-state index is 5.48. The molecule has 0 aliphatic carbocycles. The van der Waals surface area contributed by atoms with E-state index in [1.54, 1.807) is 14.2 Å². The van der Waals surface area contributed by atoms with Crippen molar-refractivity contribution in [3.8, 4) is 5.75 Å². The van der Waals surface area contributed by atoms with E-state index in [0.717, 1.165) is 18.9 Å². The number of rotatable bonds is 8. The lowest BCUT2D eigenvalue weighted by atomic mass is 10.0. The Balaban J connectivity index is 2.90. The van der Waals surface area contributed by atoms with Gasteiger partial charge in [0.15, 0.2) is 0 Å². The molecule has 1 aromatic carbocycles. The number of ether oxygens (including phenoxy) is 2. The first-order valence-corrected chi connectivity index (χ1v) is 7.06. The molecule has 0 radical (unpaired) electrons. The minimum Gasteiger partial charge on any atom is -0.496 e. The van der Waals surface area contributed by atoms with Crippen LogP contribution >= 0.6 is 0 Å². The van der Waals surface area contributed by atoms with Crippen molar-refractivity contribution < 1.29 is 9.47 Å². The summed E-state index contributed by atoms with van der Waals surface area (Å²) in [7, 11) is 7.54. The number of hydrogen-bond donors (Lipinski definition) is 1. The molecule has 0 bridgehead atoms. The first-order valence-electron chi connectivity index (χ1n) is 7.06. The van der Waals surface area contributed by atoms with Gasteiger partial charge in [0.2, 0.25) is 0 Å². The van der Waals surface area contributed by atoms with Crippen molar-refractivity contribution >= 4 is 0 Å². The van der Waals surface area contributed by atoms with Crippen LogP contribution in [-0.2, 0) is 11.3 Å². The topological polar surface area (TPSA) is 33.7 Å². The van der Waals surface area contributed by atoms with Crippen LogP contribution in [0.1, 0.15) is 31.0 Å². The number of likely N-dealkylation sites (N-methyl/N-ethyl adjacent to an activating group) is 1. The molecule has 4 nitrogen and oxygen atoms in total. The molecule has 20 heavy (non-hydrogen) atoms. The summed E-state index contributed by atoms with van der Waals surface area (Å²) < 4.78 is 10.7. The predicted octanol–water partition coefficient (Wildman–Crippen LogP) is 2.44. The Morgan fingerprint density at radius 2 is 1.95 bits per heavy atom. The molecule has 0 saturated carbocycles. The molecule has 0 aliphatic heterocycles. The number of nitrogens with one attached hydrogen (secondary N) is 1. The third-order valence-electron chi connectivity index (χ3n) is 3.82. The number of methoxy groups -OCH3 is 2. The summed E-state index contributed by atoms with van der Waals surface area (Å²) >= 11 is 0. The first-order chi connectivity index (χ1) is 9.53. The van der Waals surface area contributed by atoms with Crippen molar-refractivity contribution in [2.45, 2.75) is 32.5 Å². The highest BCUT2D eigenvalue weighted by Gasteiger charge is 2.14. The van der Waals surface area contributed by atoms with E-state index in [2.05, 4.69) is 43.2 Å². The molecule has 0 spiro atoms. The van der Waals surface area contributed by atoms with E-state index in [4.69, 9.17) is 9.47 Å². The minimum atomic E-state index is 0.335. The Morgan fingerprint density at radius 3 is 2.50 bits per heavy atom. The Kier molecular flexibility index (Phi) is 6.99. The quantitative estimate of drug-likeness (QED) is 0.793. The molecule has 2 unspecified atom stereocenters. The third-order valence-corrected chi connectivity index (χ3v) is 3.82. The minimum absolute atomic E-state index is 0.335. The van der Waals surface area contributed by atoms with Crippen LogP contribution in [0.3, 0.4) is 0 Å². The molecule has 0 aliphatic rings. The molecule has 0 saturated heterocycles. The molecule has 0 aromatic heterocycles. The predicted molar refractivity (Wildman–Crippen MR) is 83.3 cm³/mol. The van der Waals surface area contributed by atoms with Gasteiger partial charge in [0.1, 0.15) is 5.75 Å². The van der Waals surface area contributed by atoms with E-state index in [9.17, 15) is 0 Å². The van der Waals surface area contributed by atoms with E-state index in [1.807, 2.05) is 13.1 Å². The maximum Gasteiger partial charge on any atom is 0.123 e.